The second-order valence-corrected chi connectivity index (χ2v) is 5.02. The van der Waals surface area contributed by atoms with Gasteiger partial charge in [0.1, 0.15) is 0 Å². The molecule has 17 heavy (non-hydrogen) atoms. The van der Waals surface area contributed by atoms with Gasteiger partial charge in [-0.2, -0.15) is 0 Å². The van der Waals surface area contributed by atoms with Crippen LogP contribution in [0, 0.1) is 0 Å². The van der Waals surface area contributed by atoms with E-state index in [0.717, 1.165) is 36.8 Å². The van der Waals surface area contributed by atoms with Gasteiger partial charge in [0.05, 0.1) is 11.4 Å². The van der Waals surface area contributed by atoms with Crippen LogP contribution in [0.5, 0.6) is 0 Å². The van der Waals surface area contributed by atoms with E-state index in [4.69, 9.17) is 16.3 Å². The Kier molecular flexibility index (Phi) is 4.13. The Labute approximate surface area is 108 Å². The molecule has 4 heteroatoms. The highest BCUT2D eigenvalue weighted by molar-refractivity contribution is 6.31. The summed E-state index contributed by atoms with van der Waals surface area (Å²) in [5, 5.41) is 4.33. The lowest BCUT2D eigenvalue weighted by Crippen LogP contribution is -2.28. The molecular formula is C13H19ClN2O. The van der Waals surface area contributed by atoms with E-state index in [9.17, 15) is 0 Å². The zero-order valence-corrected chi connectivity index (χ0v) is 11.1. The molecule has 1 heterocycles. The predicted octanol–water partition coefficient (Wildman–Crippen LogP) is 3.00. The quantitative estimate of drug-likeness (QED) is 0.898. The summed E-state index contributed by atoms with van der Waals surface area (Å²) in [5.74, 6) is 0. The maximum atomic E-state index is 6.06. The van der Waals surface area contributed by atoms with E-state index < -0.39 is 0 Å². The molecule has 0 radical (unpaired) electrons. The molecular weight excluding hydrogens is 236 g/mol. The highest BCUT2D eigenvalue weighted by Crippen LogP contribution is 2.29. The second kappa shape index (κ2) is 5.61. The lowest BCUT2D eigenvalue weighted by atomic mass is 10.1. The summed E-state index contributed by atoms with van der Waals surface area (Å²) in [6.07, 6.45) is 2.11. The fourth-order valence-electron chi connectivity index (χ4n) is 2.08. The van der Waals surface area contributed by atoms with Crippen molar-refractivity contribution in [2.24, 2.45) is 0 Å². The first-order valence-corrected chi connectivity index (χ1v) is 6.36. The summed E-state index contributed by atoms with van der Waals surface area (Å²) in [5.41, 5.74) is 2.27. The van der Waals surface area contributed by atoms with Gasteiger partial charge in [-0.15, -0.1) is 0 Å². The maximum Gasteiger partial charge on any atom is 0.0597 e. The molecule has 1 N–H and O–H groups in total. The minimum atomic E-state index is 0.487. The number of rotatable bonds is 3. The van der Waals surface area contributed by atoms with Crippen molar-refractivity contribution < 1.29 is 4.74 Å². The van der Waals surface area contributed by atoms with Crippen molar-refractivity contribution in [1.29, 1.82) is 0 Å². The van der Waals surface area contributed by atoms with Crippen LogP contribution in [0.3, 0.4) is 0 Å². The average Bonchev–Trinajstić information content (AvgIpc) is 2.30. The Morgan fingerprint density at radius 2 is 2.00 bits per heavy atom. The predicted molar refractivity (Wildman–Crippen MR) is 73.2 cm³/mol. The van der Waals surface area contributed by atoms with E-state index in [1.54, 1.807) is 0 Å². The molecule has 0 atom stereocenters. The minimum absolute atomic E-state index is 0.487. The van der Waals surface area contributed by atoms with Crippen LogP contribution in [-0.2, 0) is 4.74 Å². The molecule has 1 aliphatic rings. The van der Waals surface area contributed by atoms with Crippen LogP contribution in [0.15, 0.2) is 18.2 Å². The third-order valence-corrected chi connectivity index (χ3v) is 3.26. The fraction of sp³-hybridized carbons (Fsp3) is 0.538. The van der Waals surface area contributed by atoms with Gasteiger partial charge in [0.2, 0.25) is 0 Å². The Bertz CT molecular complexity index is 376. The average molecular weight is 255 g/mol. The summed E-state index contributed by atoms with van der Waals surface area (Å²) in [7, 11) is 4.08. The molecule has 0 unspecified atom stereocenters. The molecule has 1 aliphatic heterocycles. The van der Waals surface area contributed by atoms with Crippen LogP contribution in [0.2, 0.25) is 5.02 Å². The van der Waals surface area contributed by atoms with E-state index in [0.29, 0.717) is 6.04 Å². The third-order valence-electron chi connectivity index (χ3n) is 3.02. The molecule has 94 valence electrons. The molecule has 0 spiro atoms. The molecule has 1 saturated heterocycles. The second-order valence-electron chi connectivity index (χ2n) is 4.59. The van der Waals surface area contributed by atoms with Gasteiger partial charge < -0.3 is 15.0 Å². The number of halogens is 1. The number of hydrogen-bond donors (Lipinski definition) is 1. The van der Waals surface area contributed by atoms with Gasteiger partial charge in [-0.1, -0.05) is 11.6 Å². The van der Waals surface area contributed by atoms with Crippen LogP contribution in [-0.4, -0.2) is 33.4 Å². The molecule has 0 aromatic heterocycles. The number of anilines is 2. The molecule has 1 aromatic carbocycles. The van der Waals surface area contributed by atoms with Crippen LogP contribution < -0.4 is 10.2 Å². The molecule has 0 aliphatic carbocycles. The van der Waals surface area contributed by atoms with Crippen molar-refractivity contribution in [3.8, 4) is 0 Å². The zero-order chi connectivity index (χ0) is 12.3. The fourth-order valence-corrected chi connectivity index (χ4v) is 2.25. The Morgan fingerprint density at radius 3 is 2.65 bits per heavy atom. The summed E-state index contributed by atoms with van der Waals surface area (Å²) in [6.45, 7) is 1.69. The van der Waals surface area contributed by atoms with E-state index in [2.05, 4.69) is 10.2 Å². The smallest absolute Gasteiger partial charge is 0.0597 e. The first kappa shape index (κ1) is 12.5. The van der Waals surface area contributed by atoms with Crippen molar-refractivity contribution in [1.82, 2.24) is 0 Å². The number of hydrogen-bond acceptors (Lipinski definition) is 3. The summed E-state index contributed by atoms with van der Waals surface area (Å²) < 4.78 is 5.36. The number of ether oxygens (including phenoxy) is 1. The number of benzene rings is 1. The zero-order valence-electron chi connectivity index (χ0n) is 10.4. The lowest BCUT2D eigenvalue weighted by Gasteiger charge is -2.27. The third kappa shape index (κ3) is 3.27. The van der Waals surface area contributed by atoms with Crippen molar-refractivity contribution in [3.05, 3.63) is 23.2 Å². The molecule has 3 nitrogen and oxygen atoms in total. The molecule has 0 amide bonds. The highest BCUT2D eigenvalue weighted by atomic mass is 35.5. The van der Waals surface area contributed by atoms with Crippen LogP contribution >= 0.6 is 11.6 Å². The summed E-state index contributed by atoms with van der Waals surface area (Å²) in [4.78, 5) is 2.10. The first-order valence-electron chi connectivity index (χ1n) is 5.98. The van der Waals surface area contributed by atoms with Gasteiger partial charge in [0.25, 0.3) is 0 Å². The van der Waals surface area contributed by atoms with Gasteiger partial charge in [-0.25, -0.2) is 0 Å². The normalized spacial score (nSPS) is 16.9. The molecule has 1 aromatic rings. The van der Waals surface area contributed by atoms with Crippen LogP contribution in [0.4, 0.5) is 11.4 Å². The van der Waals surface area contributed by atoms with E-state index in [-0.39, 0.29) is 0 Å². The van der Waals surface area contributed by atoms with Gasteiger partial charge in [0, 0.05) is 38.4 Å². The van der Waals surface area contributed by atoms with Gasteiger partial charge in [-0.3, -0.25) is 0 Å². The van der Waals surface area contributed by atoms with Crippen LogP contribution in [0.1, 0.15) is 12.8 Å². The maximum absolute atomic E-state index is 6.06. The topological polar surface area (TPSA) is 24.5 Å². The Balaban J connectivity index is 2.14. The first-order chi connectivity index (χ1) is 8.16. The van der Waals surface area contributed by atoms with Gasteiger partial charge in [-0.05, 0) is 31.0 Å². The number of nitrogens with zero attached hydrogens (tertiary/aromatic N) is 1. The largest absolute Gasteiger partial charge is 0.381 e. The Morgan fingerprint density at radius 1 is 1.29 bits per heavy atom. The van der Waals surface area contributed by atoms with E-state index in [1.807, 2.05) is 32.3 Å². The van der Waals surface area contributed by atoms with Crippen molar-refractivity contribution in [2.75, 3.05) is 37.5 Å². The lowest BCUT2D eigenvalue weighted by molar-refractivity contribution is 0.0904. The Hall–Kier alpha value is -0.930. The molecule has 0 bridgehead atoms. The summed E-state index contributed by atoms with van der Waals surface area (Å²) >= 11 is 6.06. The van der Waals surface area contributed by atoms with E-state index in [1.165, 1.54) is 5.69 Å². The minimum Gasteiger partial charge on any atom is -0.381 e. The van der Waals surface area contributed by atoms with Crippen LogP contribution in [0.25, 0.3) is 0 Å². The highest BCUT2D eigenvalue weighted by Gasteiger charge is 2.15. The van der Waals surface area contributed by atoms with Gasteiger partial charge in [0.15, 0.2) is 0 Å². The standard InChI is InChI=1S/C13H19ClN2O/c1-16(2)13-4-3-10(14)9-12(13)15-11-5-7-17-8-6-11/h3-4,9,11,15H,5-8H2,1-2H3. The molecule has 1 fully saturated rings. The summed E-state index contributed by atoms with van der Waals surface area (Å²) in [6, 6.07) is 6.45. The molecule has 0 saturated carbocycles. The molecule has 2 rings (SSSR count). The SMILES string of the molecule is CN(C)c1ccc(Cl)cc1NC1CCOCC1. The monoisotopic (exact) mass is 254 g/mol. The van der Waals surface area contributed by atoms with Crippen molar-refractivity contribution in [2.45, 2.75) is 18.9 Å². The number of nitrogens with one attached hydrogen (secondary N) is 1. The van der Waals surface area contributed by atoms with E-state index >= 15 is 0 Å². The van der Waals surface area contributed by atoms with Crippen molar-refractivity contribution >= 4 is 23.0 Å². The van der Waals surface area contributed by atoms with Gasteiger partial charge >= 0.3 is 0 Å². The van der Waals surface area contributed by atoms with Crippen molar-refractivity contribution in [3.63, 3.8) is 0 Å².